The van der Waals surface area contributed by atoms with Gasteiger partial charge in [-0.05, 0) is 37.1 Å². The van der Waals surface area contributed by atoms with Gasteiger partial charge >= 0.3 is 0 Å². The van der Waals surface area contributed by atoms with Gasteiger partial charge in [-0.1, -0.05) is 42.3 Å². The quantitative estimate of drug-likeness (QED) is 0.480. The number of para-hydroxylation sites is 1. The Labute approximate surface area is 107 Å². The van der Waals surface area contributed by atoms with E-state index < -0.39 is 0 Å². The minimum Gasteiger partial charge on any atom is -0.278 e. The first-order chi connectivity index (χ1) is 8.84. The third-order valence-corrected chi connectivity index (χ3v) is 2.29. The van der Waals surface area contributed by atoms with E-state index >= 15 is 0 Å². The molecule has 0 fully saturated rings. The van der Waals surface area contributed by atoms with Gasteiger partial charge in [0.05, 0.1) is 5.69 Å². The minimum atomic E-state index is 0.753. The maximum absolute atomic E-state index is 4.20. The predicted octanol–water partition coefficient (Wildman–Crippen LogP) is 3.53. The molecule has 0 aromatic heterocycles. The number of benzene rings is 2. The van der Waals surface area contributed by atoms with E-state index in [-0.39, 0.29) is 0 Å². The Morgan fingerprint density at radius 3 is 2.22 bits per heavy atom. The summed E-state index contributed by atoms with van der Waals surface area (Å²) in [7, 11) is 0. The lowest BCUT2D eigenvalue weighted by molar-refractivity contribution is 1.33. The lowest BCUT2D eigenvalue weighted by atomic mass is 10.2. The Morgan fingerprint density at radius 2 is 1.56 bits per heavy atom. The van der Waals surface area contributed by atoms with Crippen molar-refractivity contribution >= 4 is 11.4 Å². The molecule has 88 valence electrons. The maximum atomic E-state index is 4.20. The Kier molecular flexibility index (Phi) is 4.16. The largest absolute Gasteiger partial charge is 0.278 e. The molecule has 0 atom stereocenters. The lowest BCUT2D eigenvalue weighted by Crippen LogP contribution is -1.94. The van der Waals surface area contributed by atoms with Crippen LogP contribution in [0.1, 0.15) is 12.5 Å². The van der Waals surface area contributed by atoms with Gasteiger partial charge in [0.2, 0.25) is 0 Å². The van der Waals surface area contributed by atoms with E-state index in [2.05, 4.69) is 22.4 Å². The lowest BCUT2D eigenvalue weighted by Gasteiger charge is -1.98. The highest BCUT2D eigenvalue weighted by Gasteiger charge is 1.87. The van der Waals surface area contributed by atoms with E-state index in [1.165, 1.54) is 0 Å². The zero-order valence-electron chi connectivity index (χ0n) is 10.2. The average molecular weight is 234 g/mol. The third kappa shape index (κ3) is 3.80. The zero-order chi connectivity index (χ0) is 12.6. The molecule has 2 aromatic carbocycles. The van der Waals surface area contributed by atoms with Crippen molar-refractivity contribution in [1.82, 2.24) is 0 Å². The molecule has 0 saturated carbocycles. The van der Waals surface area contributed by atoms with Gasteiger partial charge in [0, 0.05) is 5.56 Å². The predicted molar refractivity (Wildman–Crippen MR) is 76.5 cm³/mol. The normalized spacial score (nSPS) is 10.4. The highest BCUT2D eigenvalue weighted by atomic mass is 15.3. The summed E-state index contributed by atoms with van der Waals surface area (Å²) in [4.78, 5) is 0. The van der Waals surface area contributed by atoms with Gasteiger partial charge in [0.25, 0.3) is 0 Å². The summed E-state index contributed by atoms with van der Waals surface area (Å²) < 4.78 is 0. The molecular formula is C16H14N2. The SMILES string of the molecule is C/C(C#Cc1ccccc1)=N/Nc1ccccc1. The van der Waals surface area contributed by atoms with E-state index in [9.17, 15) is 0 Å². The fourth-order valence-corrected chi connectivity index (χ4v) is 1.37. The minimum absolute atomic E-state index is 0.753. The van der Waals surface area contributed by atoms with Crippen LogP contribution in [0, 0.1) is 11.8 Å². The molecule has 0 aliphatic rings. The van der Waals surface area contributed by atoms with Gasteiger partial charge < -0.3 is 0 Å². The number of rotatable bonds is 2. The van der Waals surface area contributed by atoms with E-state index in [1.54, 1.807) is 0 Å². The fraction of sp³-hybridized carbons (Fsp3) is 0.0625. The molecule has 0 amide bonds. The Hall–Kier alpha value is -2.53. The summed E-state index contributed by atoms with van der Waals surface area (Å²) in [6.45, 7) is 1.88. The van der Waals surface area contributed by atoms with Crippen molar-refractivity contribution in [2.24, 2.45) is 5.10 Å². The second-order valence-corrected chi connectivity index (χ2v) is 3.79. The summed E-state index contributed by atoms with van der Waals surface area (Å²) in [5.41, 5.74) is 5.67. The first-order valence-electron chi connectivity index (χ1n) is 5.77. The summed E-state index contributed by atoms with van der Waals surface area (Å²) in [5.74, 6) is 6.07. The summed E-state index contributed by atoms with van der Waals surface area (Å²) in [6.07, 6.45) is 0. The molecule has 0 aliphatic carbocycles. The molecule has 1 N–H and O–H groups in total. The van der Waals surface area contributed by atoms with Crippen molar-refractivity contribution in [2.45, 2.75) is 6.92 Å². The molecule has 0 unspecified atom stereocenters. The van der Waals surface area contributed by atoms with Crippen LogP contribution in [0.15, 0.2) is 65.8 Å². The summed E-state index contributed by atoms with van der Waals surface area (Å²) in [5, 5.41) is 4.20. The smallest absolute Gasteiger partial charge is 0.107 e. The van der Waals surface area contributed by atoms with Crippen LogP contribution in [0.25, 0.3) is 0 Å². The van der Waals surface area contributed by atoms with Crippen molar-refractivity contribution in [3.63, 3.8) is 0 Å². The van der Waals surface area contributed by atoms with Crippen LogP contribution < -0.4 is 5.43 Å². The van der Waals surface area contributed by atoms with Gasteiger partial charge in [0.15, 0.2) is 0 Å². The number of anilines is 1. The number of hydrogen-bond acceptors (Lipinski definition) is 2. The van der Waals surface area contributed by atoms with Crippen molar-refractivity contribution < 1.29 is 0 Å². The van der Waals surface area contributed by atoms with E-state index in [4.69, 9.17) is 0 Å². The molecule has 0 bridgehead atoms. The first-order valence-corrected chi connectivity index (χ1v) is 5.77. The van der Waals surface area contributed by atoms with Crippen LogP contribution >= 0.6 is 0 Å². The van der Waals surface area contributed by atoms with Crippen molar-refractivity contribution in [1.29, 1.82) is 0 Å². The molecule has 0 spiro atoms. The van der Waals surface area contributed by atoms with Crippen LogP contribution in [0.3, 0.4) is 0 Å². The number of nitrogens with one attached hydrogen (secondary N) is 1. The molecule has 18 heavy (non-hydrogen) atoms. The van der Waals surface area contributed by atoms with Crippen molar-refractivity contribution in [3.8, 4) is 11.8 Å². The highest BCUT2D eigenvalue weighted by molar-refractivity contribution is 5.99. The van der Waals surface area contributed by atoms with Crippen LogP contribution in [0.2, 0.25) is 0 Å². The van der Waals surface area contributed by atoms with Gasteiger partial charge in [-0.2, -0.15) is 5.10 Å². The molecule has 0 heterocycles. The number of hydrazone groups is 1. The fourth-order valence-electron chi connectivity index (χ4n) is 1.37. The monoisotopic (exact) mass is 234 g/mol. The molecular weight excluding hydrogens is 220 g/mol. The van der Waals surface area contributed by atoms with Crippen LogP contribution in [-0.4, -0.2) is 5.71 Å². The Bertz CT molecular complexity index is 575. The Morgan fingerprint density at radius 1 is 0.944 bits per heavy atom. The van der Waals surface area contributed by atoms with Crippen molar-refractivity contribution in [2.75, 3.05) is 5.43 Å². The molecule has 2 aromatic rings. The standard InChI is InChI=1S/C16H14N2/c1-14(12-13-15-8-4-2-5-9-15)17-18-16-10-6-3-7-11-16/h2-11,18H,1H3/b17-14-. The topological polar surface area (TPSA) is 24.4 Å². The van der Waals surface area contributed by atoms with Gasteiger partial charge in [-0.3, -0.25) is 5.43 Å². The third-order valence-electron chi connectivity index (χ3n) is 2.29. The molecule has 2 nitrogen and oxygen atoms in total. The second kappa shape index (κ2) is 6.27. The highest BCUT2D eigenvalue weighted by Crippen LogP contribution is 2.04. The van der Waals surface area contributed by atoms with Crippen LogP contribution in [0.4, 0.5) is 5.69 Å². The maximum Gasteiger partial charge on any atom is 0.107 e. The van der Waals surface area contributed by atoms with Crippen LogP contribution in [-0.2, 0) is 0 Å². The average Bonchev–Trinajstić information content (AvgIpc) is 2.45. The van der Waals surface area contributed by atoms with Crippen molar-refractivity contribution in [3.05, 3.63) is 66.2 Å². The zero-order valence-corrected chi connectivity index (χ0v) is 10.2. The summed E-state index contributed by atoms with van der Waals surface area (Å²) in [6, 6.07) is 19.7. The van der Waals surface area contributed by atoms with E-state index in [0.29, 0.717) is 0 Å². The van der Waals surface area contributed by atoms with E-state index in [1.807, 2.05) is 67.6 Å². The molecule has 0 aliphatic heterocycles. The first kappa shape index (κ1) is 11.9. The number of hydrogen-bond donors (Lipinski definition) is 1. The van der Waals surface area contributed by atoms with Gasteiger partial charge in [-0.15, -0.1) is 0 Å². The number of nitrogens with zero attached hydrogens (tertiary/aromatic N) is 1. The van der Waals surface area contributed by atoms with Gasteiger partial charge in [-0.25, -0.2) is 0 Å². The molecule has 2 heteroatoms. The molecule has 0 saturated heterocycles. The van der Waals surface area contributed by atoms with Gasteiger partial charge in [0.1, 0.15) is 5.71 Å². The summed E-state index contributed by atoms with van der Waals surface area (Å²) >= 11 is 0. The van der Waals surface area contributed by atoms with Crippen LogP contribution in [0.5, 0.6) is 0 Å². The molecule has 2 rings (SSSR count). The Balaban J connectivity index is 2.00. The molecule has 0 radical (unpaired) electrons. The second-order valence-electron chi connectivity index (χ2n) is 3.79. The van der Waals surface area contributed by atoms with E-state index in [0.717, 1.165) is 17.0 Å².